The second-order valence-corrected chi connectivity index (χ2v) is 3.54. The van der Waals surface area contributed by atoms with Crippen molar-refractivity contribution in [3.8, 4) is 0 Å². The van der Waals surface area contributed by atoms with Gasteiger partial charge in [0.1, 0.15) is 18.3 Å². The highest BCUT2D eigenvalue weighted by Crippen LogP contribution is 2.27. The van der Waals surface area contributed by atoms with Crippen molar-refractivity contribution in [2.45, 2.75) is 24.5 Å². The highest BCUT2D eigenvalue weighted by molar-refractivity contribution is 4.92. The van der Waals surface area contributed by atoms with Crippen molar-refractivity contribution in [2.75, 3.05) is 6.61 Å². The van der Waals surface area contributed by atoms with Crippen LogP contribution in [0.1, 0.15) is 6.23 Å². The van der Waals surface area contributed by atoms with Crippen LogP contribution in [0.5, 0.6) is 0 Å². The topological polar surface area (TPSA) is 105 Å². The van der Waals surface area contributed by atoms with Crippen molar-refractivity contribution in [2.24, 2.45) is 0 Å². The first-order valence-electron chi connectivity index (χ1n) is 4.80. The molecule has 1 aliphatic heterocycles. The molecule has 1 saturated heterocycles. The third-order valence-corrected chi connectivity index (χ3v) is 2.53. The molecule has 2 rings (SSSR count). The van der Waals surface area contributed by atoms with Crippen LogP contribution in [0, 0.1) is 0 Å². The van der Waals surface area contributed by atoms with Gasteiger partial charge in [-0.15, -0.1) is 0 Å². The molecule has 16 heavy (non-hydrogen) atoms. The van der Waals surface area contributed by atoms with Crippen LogP contribution < -0.4 is 5.69 Å². The Labute approximate surface area is 90.6 Å². The molecule has 0 saturated carbocycles. The van der Waals surface area contributed by atoms with Gasteiger partial charge in [-0.1, -0.05) is 0 Å². The summed E-state index contributed by atoms with van der Waals surface area (Å²) in [7, 11) is 0. The minimum atomic E-state index is -1.26. The maximum Gasteiger partial charge on any atom is 0.349 e. The molecular formula is C9H12N2O5. The number of hydrogen-bond acceptors (Lipinski definition) is 6. The maximum atomic E-state index is 11.4. The zero-order valence-electron chi connectivity index (χ0n) is 8.30. The molecule has 0 unspecified atom stereocenters. The van der Waals surface area contributed by atoms with Crippen LogP contribution in [0.25, 0.3) is 0 Å². The fourth-order valence-electron chi connectivity index (χ4n) is 1.67. The summed E-state index contributed by atoms with van der Waals surface area (Å²) in [6, 6.07) is 1.51. The lowest BCUT2D eigenvalue weighted by atomic mass is 10.1. The van der Waals surface area contributed by atoms with E-state index in [0.29, 0.717) is 0 Å². The number of rotatable bonds is 2. The first-order valence-corrected chi connectivity index (χ1v) is 4.80. The van der Waals surface area contributed by atoms with Crippen LogP contribution in [0.3, 0.4) is 0 Å². The summed E-state index contributed by atoms with van der Waals surface area (Å²) in [6.07, 6.45) is -1.68. The van der Waals surface area contributed by atoms with Gasteiger partial charge in [0.15, 0.2) is 6.23 Å². The number of ether oxygens (including phenoxy) is 1. The Bertz CT molecular complexity index is 420. The van der Waals surface area contributed by atoms with Crippen LogP contribution in [0.15, 0.2) is 23.3 Å². The molecular weight excluding hydrogens is 216 g/mol. The van der Waals surface area contributed by atoms with Crippen LogP contribution >= 0.6 is 0 Å². The zero-order valence-corrected chi connectivity index (χ0v) is 8.30. The highest BCUT2D eigenvalue weighted by Gasteiger charge is 2.43. The van der Waals surface area contributed by atoms with Crippen LogP contribution in [0.2, 0.25) is 0 Å². The standard InChI is InChI=1S/C9H12N2O5/c12-4-5-6(13)7(14)8(16-5)11-3-1-2-10-9(11)15/h1-3,5-8,12-14H,4H2/t5-,6-,7-,8-/m0/s1. The van der Waals surface area contributed by atoms with Crippen LogP contribution in [-0.2, 0) is 4.74 Å². The number of aliphatic hydroxyl groups excluding tert-OH is 3. The summed E-state index contributed by atoms with van der Waals surface area (Å²) in [5, 5.41) is 28.1. The van der Waals surface area contributed by atoms with E-state index >= 15 is 0 Å². The van der Waals surface area contributed by atoms with Crippen molar-refractivity contribution in [3.63, 3.8) is 0 Å². The summed E-state index contributed by atoms with van der Waals surface area (Å²) in [5.41, 5.74) is -0.586. The summed E-state index contributed by atoms with van der Waals surface area (Å²) in [6.45, 7) is -0.427. The summed E-state index contributed by atoms with van der Waals surface area (Å²) >= 11 is 0. The molecule has 1 fully saturated rings. The fraction of sp³-hybridized carbons (Fsp3) is 0.556. The summed E-state index contributed by atoms with van der Waals surface area (Å²) in [5.74, 6) is 0. The molecule has 1 aromatic rings. The van der Waals surface area contributed by atoms with Crippen molar-refractivity contribution in [1.29, 1.82) is 0 Å². The van der Waals surface area contributed by atoms with E-state index in [-0.39, 0.29) is 0 Å². The van der Waals surface area contributed by atoms with Crippen LogP contribution in [-0.4, -0.2) is 49.8 Å². The van der Waals surface area contributed by atoms with Gasteiger partial charge in [-0.2, -0.15) is 0 Å². The van der Waals surface area contributed by atoms with E-state index in [2.05, 4.69) is 4.98 Å². The van der Waals surface area contributed by atoms with E-state index < -0.39 is 36.8 Å². The average Bonchev–Trinajstić information content (AvgIpc) is 2.57. The Kier molecular flexibility index (Phi) is 3.01. The normalized spacial score (nSPS) is 34.2. The molecule has 2 heterocycles. The second-order valence-electron chi connectivity index (χ2n) is 3.54. The van der Waals surface area contributed by atoms with Gasteiger partial charge in [0.05, 0.1) is 6.61 Å². The zero-order chi connectivity index (χ0) is 11.7. The van der Waals surface area contributed by atoms with Gasteiger partial charge in [0.25, 0.3) is 0 Å². The number of aromatic nitrogens is 2. The SMILES string of the molecule is O=c1ncccn1[C@H]1O[C@@H](CO)[C@H](O)[C@@H]1O. The largest absolute Gasteiger partial charge is 0.394 e. The van der Waals surface area contributed by atoms with Crippen LogP contribution in [0.4, 0.5) is 0 Å². The van der Waals surface area contributed by atoms with E-state index in [1.807, 2.05) is 0 Å². The van der Waals surface area contributed by atoms with Gasteiger partial charge in [-0.05, 0) is 6.07 Å². The molecule has 7 heteroatoms. The third-order valence-electron chi connectivity index (χ3n) is 2.53. The molecule has 1 aromatic heterocycles. The fourth-order valence-corrected chi connectivity index (χ4v) is 1.67. The monoisotopic (exact) mass is 228 g/mol. The van der Waals surface area contributed by atoms with Gasteiger partial charge >= 0.3 is 5.69 Å². The Morgan fingerprint density at radius 2 is 2.19 bits per heavy atom. The van der Waals surface area contributed by atoms with Crippen molar-refractivity contribution < 1.29 is 20.1 Å². The van der Waals surface area contributed by atoms with Gasteiger partial charge in [-0.25, -0.2) is 9.78 Å². The quantitative estimate of drug-likeness (QED) is 0.533. The lowest BCUT2D eigenvalue weighted by Gasteiger charge is -2.16. The molecule has 4 atom stereocenters. The predicted molar refractivity (Wildman–Crippen MR) is 51.5 cm³/mol. The molecule has 1 aliphatic rings. The Morgan fingerprint density at radius 3 is 2.75 bits per heavy atom. The predicted octanol–water partition coefficient (Wildman–Crippen LogP) is -2.15. The lowest BCUT2D eigenvalue weighted by Crippen LogP contribution is -2.35. The molecule has 0 aliphatic carbocycles. The maximum absolute atomic E-state index is 11.4. The first kappa shape index (κ1) is 11.2. The average molecular weight is 228 g/mol. The smallest absolute Gasteiger partial charge is 0.349 e. The van der Waals surface area contributed by atoms with E-state index in [1.54, 1.807) is 0 Å². The Morgan fingerprint density at radius 1 is 1.44 bits per heavy atom. The van der Waals surface area contributed by atoms with Gasteiger partial charge < -0.3 is 20.1 Å². The molecule has 88 valence electrons. The molecule has 0 aromatic carbocycles. The molecule has 0 amide bonds. The number of hydrogen-bond donors (Lipinski definition) is 3. The van der Waals surface area contributed by atoms with Gasteiger partial charge in [-0.3, -0.25) is 4.57 Å². The van der Waals surface area contributed by atoms with E-state index in [9.17, 15) is 15.0 Å². The minimum absolute atomic E-state index is 0.427. The Hall–Kier alpha value is -1.28. The molecule has 0 bridgehead atoms. The van der Waals surface area contributed by atoms with Crippen molar-refractivity contribution in [3.05, 3.63) is 28.9 Å². The molecule has 3 N–H and O–H groups in total. The lowest BCUT2D eigenvalue weighted by molar-refractivity contribution is -0.0549. The van der Waals surface area contributed by atoms with Gasteiger partial charge in [0.2, 0.25) is 0 Å². The number of aliphatic hydroxyl groups is 3. The van der Waals surface area contributed by atoms with E-state index in [4.69, 9.17) is 9.84 Å². The number of nitrogens with zero attached hydrogens (tertiary/aromatic N) is 2. The van der Waals surface area contributed by atoms with Crippen molar-refractivity contribution in [1.82, 2.24) is 9.55 Å². The summed E-state index contributed by atoms with van der Waals surface area (Å²) < 4.78 is 6.25. The van der Waals surface area contributed by atoms with Crippen molar-refractivity contribution >= 4 is 0 Å². The highest BCUT2D eigenvalue weighted by atomic mass is 16.6. The molecule has 0 radical (unpaired) electrons. The summed E-state index contributed by atoms with van der Waals surface area (Å²) in [4.78, 5) is 14.9. The van der Waals surface area contributed by atoms with E-state index in [1.165, 1.54) is 18.5 Å². The molecule has 7 nitrogen and oxygen atoms in total. The Balaban J connectivity index is 2.30. The third kappa shape index (κ3) is 1.74. The molecule has 0 spiro atoms. The second kappa shape index (κ2) is 4.30. The van der Waals surface area contributed by atoms with E-state index in [0.717, 1.165) is 4.57 Å². The van der Waals surface area contributed by atoms with Gasteiger partial charge in [0, 0.05) is 12.4 Å². The first-order chi connectivity index (χ1) is 7.65. The minimum Gasteiger partial charge on any atom is -0.394 e.